The molecule has 1 aromatic heterocycles. The average Bonchev–Trinajstić information content (AvgIpc) is 2.80. The fourth-order valence-corrected chi connectivity index (χ4v) is 2.25. The van der Waals surface area contributed by atoms with E-state index in [9.17, 15) is 0 Å². The quantitative estimate of drug-likeness (QED) is 0.747. The van der Waals surface area contributed by atoms with Crippen molar-refractivity contribution in [3.8, 4) is 0 Å². The van der Waals surface area contributed by atoms with Crippen LogP contribution >= 0.6 is 11.8 Å². The number of nitrogens with zero attached hydrogens (tertiary/aromatic N) is 2. The van der Waals surface area contributed by atoms with E-state index in [0.29, 0.717) is 6.04 Å². The molecule has 1 aromatic rings. The van der Waals surface area contributed by atoms with Crippen LogP contribution in [0.1, 0.15) is 31.7 Å². The van der Waals surface area contributed by atoms with Gasteiger partial charge in [0.25, 0.3) is 0 Å². The van der Waals surface area contributed by atoms with Crippen molar-refractivity contribution in [1.82, 2.24) is 15.4 Å². The summed E-state index contributed by atoms with van der Waals surface area (Å²) in [6.07, 6.45) is 3.35. The summed E-state index contributed by atoms with van der Waals surface area (Å²) in [6.45, 7) is 6.91. The molecule has 0 radical (unpaired) electrons. The monoisotopic (exact) mass is 271 g/mol. The molecule has 18 heavy (non-hydrogen) atoms. The second kappa shape index (κ2) is 8.56. The molecule has 0 aromatic carbocycles. The summed E-state index contributed by atoms with van der Waals surface area (Å²) < 4.78 is 5.35. The van der Waals surface area contributed by atoms with Crippen LogP contribution in [0.3, 0.4) is 0 Å². The third-order valence-corrected chi connectivity index (χ3v) is 3.71. The first-order valence-corrected chi connectivity index (χ1v) is 7.91. The summed E-state index contributed by atoms with van der Waals surface area (Å²) in [5.74, 6) is 2.15. The van der Waals surface area contributed by atoms with Crippen LogP contribution in [0.2, 0.25) is 0 Å². The van der Waals surface area contributed by atoms with Crippen molar-refractivity contribution in [1.29, 1.82) is 0 Å². The second-order valence-corrected chi connectivity index (χ2v) is 5.60. The molecule has 1 unspecified atom stereocenters. The zero-order valence-electron chi connectivity index (χ0n) is 11.9. The van der Waals surface area contributed by atoms with Gasteiger partial charge in [-0.3, -0.25) is 4.90 Å². The van der Waals surface area contributed by atoms with Crippen LogP contribution in [-0.2, 0) is 13.1 Å². The molecule has 0 aliphatic heterocycles. The number of thioether (sulfide) groups is 1. The molecule has 1 rings (SSSR count). The van der Waals surface area contributed by atoms with Crippen LogP contribution in [0.25, 0.3) is 0 Å². The van der Waals surface area contributed by atoms with Gasteiger partial charge in [0.15, 0.2) is 5.76 Å². The van der Waals surface area contributed by atoms with Gasteiger partial charge in [0, 0.05) is 18.7 Å². The van der Waals surface area contributed by atoms with Gasteiger partial charge in [0.2, 0.25) is 0 Å². The largest absolute Gasteiger partial charge is 0.360 e. The minimum absolute atomic E-state index is 0.569. The Hall–Kier alpha value is -0.520. The normalized spacial score (nSPS) is 13.2. The Labute approximate surface area is 114 Å². The van der Waals surface area contributed by atoms with E-state index in [4.69, 9.17) is 4.52 Å². The molecular weight excluding hydrogens is 246 g/mol. The standard InChI is InChI=1S/C13H25N3OS/c1-5-14-9-12-8-13(17-15-12)10-16(3)11(2)6-7-18-4/h8,11,14H,5-7,9-10H2,1-4H3. The van der Waals surface area contributed by atoms with E-state index >= 15 is 0 Å². The minimum Gasteiger partial charge on any atom is -0.360 e. The highest BCUT2D eigenvalue weighted by molar-refractivity contribution is 7.98. The van der Waals surface area contributed by atoms with Gasteiger partial charge in [-0.05, 0) is 38.9 Å². The summed E-state index contributed by atoms with van der Waals surface area (Å²) >= 11 is 1.90. The Kier molecular flexibility index (Phi) is 7.39. The van der Waals surface area contributed by atoms with Gasteiger partial charge in [-0.1, -0.05) is 12.1 Å². The van der Waals surface area contributed by atoms with Gasteiger partial charge in [0.1, 0.15) is 0 Å². The van der Waals surface area contributed by atoms with E-state index in [1.807, 2.05) is 17.8 Å². The summed E-state index contributed by atoms with van der Waals surface area (Å²) in [5, 5.41) is 7.30. The average molecular weight is 271 g/mol. The third kappa shape index (κ3) is 5.42. The van der Waals surface area contributed by atoms with Crippen molar-refractivity contribution < 1.29 is 4.52 Å². The molecule has 104 valence electrons. The Morgan fingerprint density at radius 2 is 2.33 bits per heavy atom. The second-order valence-electron chi connectivity index (χ2n) is 4.61. The molecule has 0 fully saturated rings. The number of hydrogen-bond donors (Lipinski definition) is 1. The highest BCUT2D eigenvalue weighted by atomic mass is 32.2. The van der Waals surface area contributed by atoms with Gasteiger partial charge >= 0.3 is 0 Å². The van der Waals surface area contributed by atoms with Crippen molar-refractivity contribution in [3.05, 3.63) is 17.5 Å². The zero-order chi connectivity index (χ0) is 13.4. The molecule has 0 aliphatic rings. The van der Waals surface area contributed by atoms with Gasteiger partial charge in [-0.15, -0.1) is 0 Å². The van der Waals surface area contributed by atoms with Crippen LogP contribution in [0.15, 0.2) is 10.6 Å². The first kappa shape index (κ1) is 15.5. The number of aromatic nitrogens is 1. The van der Waals surface area contributed by atoms with Gasteiger partial charge in [-0.25, -0.2) is 0 Å². The van der Waals surface area contributed by atoms with Crippen LogP contribution in [0, 0.1) is 0 Å². The summed E-state index contributed by atoms with van der Waals surface area (Å²) in [4.78, 5) is 2.31. The Balaban J connectivity index is 2.38. The Morgan fingerprint density at radius 3 is 3.00 bits per heavy atom. The molecule has 5 heteroatoms. The number of rotatable bonds is 9. The van der Waals surface area contributed by atoms with Crippen molar-refractivity contribution >= 4 is 11.8 Å². The molecule has 1 atom stereocenters. The van der Waals surface area contributed by atoms with Crippen LogP contribution in [-0.4, -0.2) is 41.7 Å². The maximum Gasteiger partial charge on any atom is 0.151 e. The maximum absolute atomic E-state index is 5.35. The fourth-order valence-electron chi connectivity index (χ4n) is 1.68. The first-order valence-electron chi connectivity index (χ1n) is 6.51. The molecule has 1 N–H and O–H groups in total. The molecule has 1 heterocycles. The van der Waals surface area contributed by atoms with Gasteiger partial charge < -0.3 is 9.84 Å². The van der Waals surface area contributed by atoms with E-state index in [-0.39, 0.29) is 0 Å². The molecule has 0 amide bonds. The van der Waals surface area contributed by atoms with Crippen molar-refractivity contribution in [2.75, 3.05) is 25.6 Å². The van der Waals surface area contributed by atoms with Gasteiger partial charge in [-0.2, -0.15) is 11.8 Å². The highest BCUT2D eigenvalue weighted by Crippen LogP contribution is 2.11. The maximum atomic E-state index is 5.35. The lowest BCUT2D eigenvalue weighted by molar-refractivity contribution is 0.215. The predicted molar refractivity (Wildman–Crippen MR) is 77.8 cm³/mol. The zero-order valence-corrected chi connectivity index (χ0v) is 12.7. The van der Waals surface area contributed by atoms with E-state index < -0.39 is 0 Å². The van der Waals surface area contributed by atoms with Crippen LogP contribution < -0.4 is 5.32 Å². The van der Waals surface area contributed by atoms with Crippen LogP contribution in [0.4, 0.5) is 0 Å². The number of nitrogens with one attached hydrogen (secondary N) is 1. The fraction of sp³-hybridized carbons (Fsp3) is 0.769. The Bertz CT molecular complexity index is 330. The van der Waals surface area contributed by atoms with Crippen molar-refractivity contribution in [3.63, 3.8) is 0 Å². The molecule has 0 saturated heterocycles. The minimum atomic E-state index is 0.569. The summed E-state index contributed by atoms with van der Waals surface area (Å²) in [6, 6.07) is 2.61. The molecule has 4 nitrogen and oxygen atoms in total. The molecule has 0 aliphatic carbocycles. The predicted octanol–water partition coefficient (Wildman–Crippen LogP) is 2.36. The van der Waals surface area contributed by atoms with Gasteiger partial charge in [0.05, 0.1) is 12.2 Å². The topological polar surface area (TPSA) is 41.3 Å². The number of hydrogen-bond acceptors (Lipinski definition) is 5. The molecular formula is C13H25N3OS. The van der Waals surface area contributed by atoms with E-state index in [0.717, 1.165) is 31.1 Å². The lowest BCUT2D eigenvalue weighted by atomic mass is 10.2. The van der Waals surface area contributed by atoms with Crippen LogP contribution in [0.5, 0.6) is 0 Å². The Morgan fingerprint density at radius 1 is 1.56 bits per heavy atom. The van der Waals surface area contributed by atoms with Crippen molar-refractivity contribution in [2.45, 2.75) is 39.4 Å². The highest BCUT2D eigenvalue weighted by Gasteiger charge is 2.12. The smallest absolute Gasteiger partial charge is 0.151 e. The molecule has 0 bridgehead atoms. The van der Waals surface area contributed by atoms with E-state index in [1.165, 1.54) is 12.2 Å². The third-order valence-electron chi connectivity index (χ3n) is 3.06. The molecule has 0 spiro atoms. The lowest BCUT2D eigenvalue weighted by Crippen LogP contribution is -2.28. The van der Waals surface area contributed by atoms with E-state index in [2.05, 4.69) is 42.5 Å². The SMILES string of the molecule is CCNCc1cc(CN(C)C(C)CCSC)on1. The lowest BCUT2D eigenvalue weighted by Gasteiger charge is -2.22. The first-order chi connectivity index (χ1) is 8.67. The van der Waals surface area contributed by atoms with Crippen molar-refractivity contribution in [2.24, 2.45) is 0 Å². The summed E-state index contributed by atoms with van der Waals surface area (Å²) in [5.41, 5.74) is 0.983. The summed E-state index contributed by atoms with van der Waals surface area (Å²) in [7, 11) is 2.14. The molecule has 0 saturated carbocycles. The van der Waals surface area contributed by atoms with E-state index in [1.54, 1.807) is 0 Å².